The standard InChI is InChI=1S/C16H18Cl2N4O/c17-14-2-1-3-15(18)13(14)4-5-16(23)21-10-6-12(7-11-21)22-19-8-9-20-22/h1-3,8-9,12H,4-7,10-11H2. The number of amides is 1. The first-order valence-corrected chi connectivity index (χ1v) is 8.47. The summed E-state index contributed by atoms with van der Waals surface area (Å²) in [7, 11) is 0. The van der Waals surface area contributed by atoms with Gasteiger partial charge in [0.15, 0.2) is 0 Å². The van der Waals surface area contributed by atoms with Crippen LogP contribution in [0.2, 0.25) is 10.0 Å². The van der Waals surface area contributed by atoms with Gasteiger partial charge in [-0.15, -0.1) is 0 Å². The highest BCUT2D eigenvalue weighted by atomic mass is 35.5. The fourth-order valence-corrected chi connectivity index (χ4v) is 3.51. The van der Waals surface area contributed by atoms with Crippen molar-refractivity contribution in [3.8, 4) is 0 Å². The minimum atomic E-state index is 0.146. The lowest BCUT2D eigenvalue weighted by molar-refractivity contribution is -0.132. The summed E-state index contributed by atoms with van der Waals surface area (Å²) in [6, 6.07) is 5.70. The van der Waals surface area contributed by atoms with E-state index in [4.69, 9.17) is 23.2 Å². The third-order valence-corrected chi connectivity index (χ3v) is 4.94. The molecule has 1 saturated heterocycles. The Balaban J connectivity index is 1.52. The highest BCUT2D eigenvalue weighted by molar-refractivity contribution is 6.36. The summed E-state index contributed by atoms with van der Waals surface area (Å²) in [5, 5.41) is 9.59. The van der Waals surface area contributed by atoms with E-state index in [1.807, 2.05) is 11.0 Å². The maximum Gasteiger partial charge on any atom is 0.222 e. The molecule has 0 unspecified atom stereocenters. The molecule has 0 spiro atoms. The van der Waals surface area contributed by atoms with E-state index >= 15 is 0 Å². The summed E-state index contributed by atoms with van der Waals surface area (Å²) in [5.41, 5.74) is 0.847. The van der Waals surface area contributed by atoms with Gasteiger partial charge >= 0.3 is 0 Å². The molecule has 23 heavy (non-hydrogen) atoms. The molecule has 1 aliphatic heterocycles. The Morgan fingerprint density at radius 3 is 2.35 bits per heavy atom. The van der Waals surface area contributed by atoms with Gasteiger partial charge in [-0.1, -0.05) is 29.3 Å². The molecule has 0 aliphatic carbocycles. The van der Waals surface area contributed by atoms with E-state index in [1.54, 1.807) is 29.3 Å². The number of hydrogen-bond acceptors (Lipinski definition) is 3. The van der Waals surface area contributed by atoms with Crippen LogP contribution in [0.4, 0.5) is 0 Å². The van der Waals surface area contributed by atoms with Gasteiger partial charge in [-0.25, -0.2) is 0 Å². The summed E-state index contributed by atoms with van der Waals surface area (Å²) in [5.74, 6) is 0.146. The molecule has 1 fully saturated rings. The van der Waals surface area contributed by atoms with Gasteiger partial charge in [0.05, 0.1) is 18.4 Å². The molecular weight excluding hydrogens is 335 g/mol. The monoisotopic (exact) mass is 352 g/mol. The molecule has 0 atom stereocenters. The molecule has 0 saturated carbocycles. The van der Waals surface area contributed by atoms with Crippen LogP contribution in [0.15, 0.2) is 30.6 Å². The Bertz CT molecular complexity index is 646. The number of aromatic nitrogens is 3. The van der Waals surface area contributed by atoms with E-state index in [1.165, 1.54) is 0 Å². The summed E-state index contributed by atoms with van der Waals surface area (Å²) in [4.78, 5) is 16.0. The van der Waals surface area contributed by atoms with Crippen molar-refractivity contribution >= 4 is 29.1 Å². The fraction of sp³-hybridized carbons (Fsp3) is 0.438. The van der Waals surface area contributed by atoms with Crippen molar-refractivity contribution in [2.24, 2.45) is 0 Å². The second-order valence-electron chi connectivity index (χ2n) is 5.66. The fourth-order valence-electron chi connectivity index (χ4n) is 2.92. The molecule has 7 heteroatoms. The number of halogens is 2. The highest BCUT2D eigenvalue weighted by Crippen LogP contribution is 2.26. The Hall–Kier alpha value is -1.59. The summed E-state index contributed by atoms with van der Waals surface area (Å²) in [6.07, 6.45) is 6.13. The quantitative estimate of drug-likeness (QED) is 0.847. The first kappa shape index (κ1) is 16.3. The van der Waals surface area contributed by atoms with Crippen molar-refractivity contribution in [1.29, 1.82) is 0 Å². The molecule has 0 N–H and O–H groups in total. The lowest BCUT2D eigenvalue weighted by Gasteiger charge is -2.31. The zero-order valence-corrected chi connectivity index (χ0v) is 14.2. The largest absolute Gasteiger partial charge is 0.343 e. The number of nitrogens with zero attached hydrogens (tertiary/aromatic N) is 4. The molecule has 1 aliphatic rings. The zero-order chi connectivity index (χ0) is 16.2. The maximum atomic E-state index is 12.4. The number of carbonyl (C=O) groups is 1. The molecular formula is C16H18Cl2N4O. The van der Waals surface area contributed by atoms with E-state index < -0.39 is 0 Å². The molecule has 5 nitrogen and oxygen atoms in total. The molecule has 2 heterocycles. The second kappa shape index (κ2) is 7.32. The number of rotatable bonds is 4. The lowest BCUT2D eigenvalue weighted by Crippen LogP contribution is -2.39. The van der Waals surface area contributed by atoms with Crippen molar-refractivity contribution in [1.82, 2.24) is 19.9 Å². The van der Waals surface area contributed by atoms with Crippen molar-refractivity contribution in [3.63, 3.8) is 0 Å². The van der Waals surface area contributed by atoms with Crippen molar-refractivity contribution in [2.75, 3.05) is 13.1 Å². The molecule has 122 valence electrons. The lowest BCUT2D eigenvalue weighted by atomic mass is 10.0. The van der Waals surface area contributed by atoms with Gasteiger partial charge in [-0.2, -0.15) is 15.0 Å². The molecule has 1 aromatic heterocycles. The van der Waals surface area contributed by atoms with E-state index in [0.29, 0.717) is 22.9 Å². The Morgan fingerprint density at radius 1 is 1.13 bits per heavy atom. The van der Waals surface area contributed by atoms with Gasteiger partial charge in [0.2, 0.25) is 5.91 Å². The first-order valence-electron chi connectivity index (χ1n) is 7.71. The van der Waals surface area contributed by atoms with Gasteiger partial charge in [-0.3, -0.25) is 4.79 Å². The maximum absolute atomic E-state index is 12.4. The van der Waals surface area contributed by atoms with Gasteiger partial charge in [-0.05, 0) is 37.0 Å². The summed E-state index contributed by atoms with van der Waals surface area (Å²) < 4.78 is 0. The minimum absolute atomic E-state index is 0.146. The average molecular weight is 353 g/mol. The van der Waals surface area contributed by atoms with E-state index in [2.05, 4.69) is 10.2 Å². The predicted molar refractivity (Wildman–Crippen MR) is 89.7 cm³/mol. The molecule has 1 amide bonds. The van der Waals surface area contributed by atoms with Crippen LogP contribution in [0.1, 0.15) is 30.9 Å². The molecule has 2 aromatic rings. The Labute approximate surface area is 145 Å². The SMILES string of the molecule is O=C(CCc1c(Cl)cccc1Cl)N1CCC(n2nccn2)CC1. The molecule has 0 bridgehead atoms. The predicted octanol–water partition coefficient (Wildman–Crippen LogP) is 3.38. The van der Waals surface area contributed by atoms with Crippen LogP contribution in [-0.4, -0.2) is 38.9 Å². The summed E-state index contributed by atoms with van der Waals surface area (Å²) in [6.45, 7) is 1.47. The van der Waals surface area contributed by atoms with E-state index in [0.717, 1.165) is 31.5 Å². The van der Waals surface area contributed by atoms with Crippen molar-refractivity contribution in [2.45, 2.75) is 31.7 Å². The Kier molecular flexibility index (Phi) is 5.18. The van der Waals surface area contributed by atoms with Crippen LogP contribution >= 0.6 is 23.2 Å². The smallest absolute Gasteiger partial charge is 0.222 e. The normalized spacial score (nSPS) is 15.8. The average Bonchev–Trinajstić information content (AvgIpc) is 3.09. The first-order chi connectivity index (χ1) is 11.1. The van der Waals surface area contributed by atoms with E-state index in [9.17, 15) is 4.79 Å². The number of benzene rings is 1. The van der Waals surface area contributed by atoms with E-state index in [-0.39, 0.29) is 11.9 Å². The van der Waals surface area contributed by atoms with Crippen molar-refractivity contribution < 1.29 is 4.79 Å². The molecule has 3 rings (SSSR count). The number of carbonyl (C=O) groups excluding carboxylic acids is 1. The number of hydrogen-bond donors (Lipinski definition) is 0. The molecule has 0 radical (unpaired) electrons. The van der Waals surface area contributed by atoms with Gasteiger partial charge in [0.25, 0.3) is 0 Å². The topological polar surface area (TPSA) is 51.0 Å². The summed E-state index contributed by atoms with van der Waals surface area (Å²) >= 11 is 12.3. The highest BCUT2D eigenvalue weighted by Gasteiger charge is 2.24. The van der Waals surface area contributed by atoms with Gasteiger partial charge in [0, 0.05) is 29.6 Å². The van der Waals surface area contributed by atoms with Crippen molar-refractivity contribution in [3.05, 3.63) is 46.2 Å². The van der Waals surface area contributed by atoms with Crippen LogP contribution in [0.5, 0.6) is 0 Å². The Morgan fingerprint density at radius 2 is 1.74 bits per heavy atom. The van der Waals surface area contributed by atoms with Crippen LogP contribution in [0.3, 0.4) is 0 Å². The van der Waals surface area contributed by atoms with Crippen LogP contribution in [0, 0.1) is 0 Å². The van der Waals surface area contributed by atoms with Gasteiger partial charge in [0.1, 0.15) is 0 Å². The third kappa shape index (κ3) is 3.85. The van der Waals surface area contributed by atoms with Crippen LogP contribution in [0.25, 0.3) is 0 Å². The number of piperidine rings is 1. The molecule has 1 aromatic carbocycles. The van der Waals surface area contributed by atoms with Gasteiger partial charge < -0.3 is 4.90 Å². The second-order valence-corrected chi connectivity index (χ2v) is 6.48. The minimum Gasteiger partial charge on any atom is -0.343 e. The third-order valence-electron chi connectivity index (χ3n) is 4.23. The van der Waals surface area contributed by atoms with Crippen LogP contribution in [-0.2, 0) is 11.2 Å². The zero-order valence-electron chi connectivity index (χ0n) is 12.7. The number of likely N-dealkylation sites (tertiary alicyclic amines) is 1. The van der Waals surface area contributed by atoms with Crippen LogP contribution < -0.4 is 0 Å².